The standard InChI is InChI=1S/C19H25N3O3/c1-21(2)12-17-6-7-19(25-17)13-22(8-9-24-14-19)18(23)16-5-3-4-15(10-16)11-20/h3-5,10,17H,6-9,12-14H2,1-2H3/t17-,19+/m0/s1. The van der Waals surface area contributed by atoms with Crippen LogP contribution in [0.1, 0.15) is 28.8 Å². The topological polar surface area (TPSA) is 65.8 Å². The van der Waals surface area contributed by atoms with Crippen molar-refractivity contribution in [1.82, 2.24) is 9.80 Å². The Kier molecular flexibility index (Phi) is 5.38. The molecule has 0 bridgehead atoms. The molecule has 1 amide bonds. The molecule has 2 fully saturated rings. The summed E-state index contributed by atoms with van der Waals surface area (Å²) in [6, 6.07) is 8.93. The molecule has 0 saturated carbocycles. The minimum atomic E-state index is -0.417. The molecule has 0 unspecified atom stereocenters. The number of nitriles is 1. The van der Waals surface area contributed by atoms with E-state index in [0.717, 1.165) is 19.4 Å². The van der Waals surface area contributed by atoms with Gasteiger partial charge >= 0.3 is 0 Å². The molecule has 0 aromatic heterocycles. The number of benzene rings is 1. The van der Waals surface area contributed by atoms with Crippen molar-refractivity contribution >= 4 is 5.91 Å². The van der Waals surface area contributed by atoms with Crippen LogP contribution < -0.4 is 0 Å². The molecular formula is C19H25N3O3. The van der Waals surface area contributed by atoms with Crippen LogP contribution in [0, 0.1) is 11.3 Å². The fraction of sp³-hybridized carbons (Fsp3) is 0.579. The second-order valence-electron chi connectivity index (χ2n) is 7.20. The zero-order valence-corrected chi connectivity index (χ0v) is 14.9. The smallest absolute Gasteiger partial charge is 0.254 e. The molecule has 25 heavy (non-hydrogen) atoms. The molecule has 1 aromatic rings. The van der Waals surface area contributed by atoms with Gasteiger partial charge in [-0.15, -0.1) is 0 Å². The normalized spacial score (nSPS) is 26.6. The number of likely N-dealkylation sites (N-methyl/N-ethyl adjacent to an activating group) is 1. The Morgan fingerprint density at radius 3 is 3.08 bits per heavy atom. The van der Waals surface area contributed by atoms with Crippen LogP contribution >= 0.6 is 0 Å². The molecule has 6 heteroatoms. The average molecular weight is 343 g/mol. The number of carbonyl (C=O) groups is 1. The molecule has 1 spiro atoms. The molecule has 2 aliphatic heterocycles. The maximum absolute atomic E-state index is 12.9. The Bertz CT molecular complexity index is 670. The Morgan fingerprint density at radius 1 is 1.48 bits per heavy atom. The summed E-state index contributed by atoms with van der Waals surface area (Å²) >= 11 is 0. The van der Waals surface area contributed by atoms with E-state index in [0.29, 0.717) is 37.4 Å². The van der Waals surface area contributed by atoms with Crippen molar-refractivity contribution in [2.45, 2.75) is 24.5 Å². The monoisotopic (exact) mass is 343 g/mol. The van der Waals surface area contributed by atoms with Gasteiger partial charge in [-0.25, -0.2) is 0 Å². The number of hydrogen-bond donors (Lipinski definition) is 0. The molecule has 134 valence electrons. The molecular weight excluding hydrogens is 318 g/mol. The quantitative estimate of drug-likeness (QED) is 0.832. The van der Waals surface area contributed by atoms with E-state index < -0.39 is 5.60 Å². The zero-order valence-electron chi connectivity index (χ0n) is 14.9. The Hall–Kier alpha value is -1.94. The van der Waals surface area contributed by atoms with Crippen molar-refractivity contribution in [3.8, 4) is 6.07 Å². The molecule has 0 N–H and O–H groups in total. The highest BCUT2D eigenvalue weighted by Crippen LogP contribution is 2.33. The summed E-state index contributed by atoms with van der Waals surface area (Å²) in [4.78, 5) is 16.8. The van der Waals surface area contributed by atoms with E-state index >= 15 is 0 Å². The van der Waals surface area contributed by atoms with Gasteiger partial charge in [0.1, 0.15) is 5.60 Å². The number of amides is 1. The van der Waals surface area contributed by atoms with Crippen molar-refractivity contribution in [2.75, 3.05) is 46.9 Å². The summed E-state index contributed by atoms with van der Waals surface area (Å²) in [5.41, 5.74) is 0.619. The number of carbonyl (C=O) groups excluding carboxylic acids is 1. The second-order valence-corrected chi connectivity index (χ2v) is 7.20. The van der Waals surface area contributed by atoms with Crippen LogP contribution in [0.15, 0.2) is 24.3 Å². The van der Waals surface area contributed by atoms with Crippen LogP contribution in [0.3, 0.4) is 0 Å². The van der Waals surface area contributed by atoms with E-state index in [-0.39, 0.29) is 12.0 Å². The van der Waals surface area contributed by atoms with Crippen LogP contribution in [-0.4, -0.2) is 74.4 Å². The van der Waals surface area contributed by atoms with Crippen LogP contribution in [0.25, 0.3) is 0 Å². The van der Waals surface area contributed by atoms with E-state index in [4.69, 9.17) is 14.7 Å². The maximum atomic E-state index is 12.9. The Labute approximate surface area is 148 Å². The van der Waals surface area contributed by atoms with Gasteiger partial charge in [0.25, 0.3) is 5.91 Å². The predicted molar refractivity (Wildman–Crippen MR) is 93.3 cm³/mol. The number of rotatable bonds is 3. The average Bonchev–Trinajstić information content (AvgIpc) is 2.86. The van der Waals surface area contributed by atoms with Crippen LogP contribution in [0.4, 0.5) is 0 Å². The summed E-state index contributed by atoms with van der Waals surface area (Å²) < 4.78 is 12.1. The van der Waals surface area contributed by atoms with Crippen molar-refractivity contribution in [3.05, 3.63) is 35.4 Å². The van der Waals surface area contributed by atoms with E-state index in [2.05, 4.69) is 11.0 Å². The van der Waals surface area contributed by atoms with Gasteiger partial charge in [0.15, 0.2) is 0 Å². The number of hydrogen-bond acceptors (Lipinski definition) is 5. The van der Waals surface area contributed by atoms with Crippen molar-refractivity contribution in [1.29, 1.82) is 5.26 Å². The summed E-state index contributed by atoms with van der Waals surface area (Å²) in [5.74, 6) is -0.0679. The Morgan fingerprint density at radius 2 is 2.32 bits per heavy atom. The molecule has 2 heterocycles. The van der Waals surface area contributed by atoms with Gasteiger partial charge in [-0.2, -0.15) is 5.26 Å². The summed E-state index contributed by atoms with van der Waals surface area (Å²) in [6.45, 7) is 2.98. The third-order valence-corrected chi connectivity index (χ3v) is 4.78. The first-order valence-electron chi connectivity index (χ1n) is 8.71. The highest BCUT2D eigenvalue weighted by Gasteiger charge is 2.44. The SMILES string of the molecule is CN(C)C[C@@H]1CC[C@@]2(COCCN(C(=O)c3cccc(C#N)c3)C2)O1. The molecule has 2 aliphatic rings. The highest BCUT2D eigenvalue weighted by molar-refractivity contribution is 5.94. The van der Waals surface area contributed by atoms with Crippen LogP contribution in [0.2, 0.25) is 0 Å². The molecule has 6 nitrogen and oxygen atoms in total. The Balaban J connectivity index is 1.74. The lowest BCUT2D eigenvalue weighted by atomic mass is 9.99. The van der Waals surface area contributed by atoms with Gasteiger partial charge in [-0.3, -0.25) is 4.79 Å². The van der Waals surface area contributed by atoms with Gasteiger partial charge in [0, 0.05) is 18.7 Å². The van der Waals surface area contributed by atoms with E-state index in [1.54, 1.807) is 24.3 Å². The summed E-state index contributed by atoms with van der Waals surface area (Å²) in [5, 5.41) is 9.05. The van der Waals surface area contributed by atoms with Crippen LogP contribution in [-0.2, 0) is 9.47 Å². The summed E-state index contributed by atoms with van der Waals surface area (Å²) in [6.07, 6.45) is 2.05. The molecule has 2 saturated heterocycles. The first kappa shape index (κ1) is 17.9. The lowest BCUT2D eigenvalue weighted by Crippen LogP contribution is -2.47. The minimum absolute atomic E-state index is 0.0679. The summed E-state index contributed by atoms with van der Waals surface area (Å²) in [7, 11) is 4.08. The first-order chi connectivity index (χ1) is 12.0. The van der Waals surface area contributed by atoms with Crippen molar-refractivity contribution in [2.24, 2.45) is 0 Å². The maximum Gasteiger partial charge on any atom is 0.254 e. The third kappa shape index (κ3) is 4.18. The van der Waals surface area contributed by atoms with E-state index in [1.807, 2.05) is 19.0 Å². The predicted octanol–water partition coefficient (Wildman–Crippen LogP) is 1.51. The molecule has 3 rings (SSSR count). The molecule has 0 radical (unpaired) electrons. The van der Waals surface area contributed by atoms with Gasteiger partial charge < -0.3 is 19.3 Å². The largest absolute Gasteiger partial charge is 0.377 e. The zero-order chi connectivity index (χ0) is 17.9. The first-order valence-corrected chi connectivity index (χ1v) is 8.71. The lowest BCUT2D eigenvalue weighted by molar-refractivity contribution is -0.0878. The molecule has 0 aliphatic carbocycles. The van der Waals surface area contributed by atoms with Gasteiger partial charge in [-0.05, 0) is 45.1 Å². The van der Waals surface area contributed by atoms with E-state index in [9.17, 15) is 4.79 Å². The van der Waals surface area contributed by atoms with Gasteiger partial charge in [-0.1, -0.05) is 6.07 Å². The van der Waals surface area contributed by atoms with Gasteiger partial charge in [0.05, 0.1) is 37.5 Å². The third-order valence-electron chi connectivity index (χ3n) is 4.78. The minimum Gasteiger partial charge on any atom is -0.377 e. The van der Waals surface area contributed by atoms with Crippen molar-refractivity contribution < 1.29 is 14.3 Å². The number of ether oxygens (including phenoxy) is 2. The fourth-order valence-electron chi connectivity index (χ4n) is 3.64. The molecule has 2 atom stereocenters. The number of nitrogens with zero attached hydrogens (tertiary/aromatic N) is 3. The second kappa shape index (κ2) is 7.52. The van der Waals surface area contributed by atoms with Crippen molar-refractivity contribution in [3.63, 3.8) is 0 Å². The van der Waals surface area contributed by atoms with Gasteiger partial charge in [0.2, 0.25) is 0 Å². The van der Waals surface area contributed by atoms with Crippen LogP contribution in [0.5, 0.6) is 0 Å². The fourth-order valence-corrected chi connectivity index (χ4v) is 3.64. The molecule has 1 aromatic carbocycles. The van der Waals surface area contributed by atoms with E-state index in [1.165, 1.54) is 0 Å². The highest BCUT2D eigenvalue weighted by atomic mass is 16.6. The lowest BCUT2D eigenvalue weighted by Gasteiger charge is -2.32.